The number of aldehydes is 1. The number of ether oxygens (including phenoxy) is 2. The number of nitrogens with zero attached hydrogens (tertiary/aromatic N) is 5. The van der Waals surface area contributed by atoms with Crippen LogP contribution < -0.4 is 27.4 Å². The second-order valence-corrected chi connectivity index (χ2v) is 13.3. The predicted molar refractivity (Wildman–Crippen MR) is 163 cm³/mol. The lowest BCUT2D eigenvalue weighted by molar-refractivity contribution is -0.233. The lowest BCUT2D eigenvalue weighted by Gasteiger charge is -2.20. The van der Waals surface area contributed by atoms with Gasteiger partial charge in [-0.2, -0.15) is 9.67 Å². The molecule has 0 amide bonds. The number of nitrogens with two attached hydrogens (primary N) is 2. The summed E-state index contributed by atoms with van der Waals surface area (Å²) in [4.78, 5) is 62.3. The minimum absolute atomic E-state index is 0.0652. The second kappa shape index (κ2) is 17.3. The fourth-order valence-electron chi connectivity index (χ4n) is 4.33. The van der Waals surface area contributed by atoms with Gasteiger partial charge in [-0.1, -0.05) is 0 Å². The van der Waals surface area contributed by atoms with Crippen LogP contribution in [0.1, 0.15) is 19.1 Å². The first-order chi connectivity index (χ1) is 22.8. The summed E-state index contributed by atoms with van der Waals surface area (Å²) in [5.74, 6) is -0.0119. The van der Waals surface area contributed by atoms with Crippen molar-refractivity contribution in [2.75, 3.05) is 33.0 Å². The Morgan fingerprint density at radius 1 is 1.15 bits per heavy atom. The highest BCUT2D eigenvalue weighted by Gasteiger charge is 2.44. The summed E-state index contributed by atoms with van der Waals surface area (Å²) >= 11 is 0. The molecule has 0 aromatic carbocycles. The Kier molecular flexibility index (Phi) is 13.7. The van der Waals surface area contributed by atoms with E-state index in [-0.39, 0.29) is 29.9 Å². The number of nitrogen functional groups attached to an aromatic ring is 1. The molecule has 0 spiro atoms. The van der Waals surface area contributed by atoms with Gasteiger partial charge in [0.25, 0.3) is 0 Å². The third-order valence-electron chi connectivity index (χ3n) is 6.62. The third kappa shape index (κ3) is 9.91. The number of carbonyl (C=O) groups is 1. The number of hydrogen-bond acceptors (Lipinski definition) is 20. The first-order valence-corrected chi connectivity index (χ1v) is 17.5. The molecule has 0 saturated carbocycles. The van der Waals surface area contributed by atoms with E-state index in [2.05, 4.69) is 49.2 Å². The Morgan fingerprint density at radius 3 is 2.60 bits per heavy atom. The highest BCUT2D eigenvalue weighted by Crippen LogP contribution is 2.62. The molecule has 4 rings (SSSR count). The molecule has 9 unspecified atom stereocenters. The van der Waals surface area contributed by atoms with E-state index in [1.54, 1.807) is 4.57 Å². The van der Waals surface area contributed by atoms with Crippen LogP contribution in [-0.2, 0) is 41.5 Å². The van der Waals surface area contributed by atoms with E-state index in [1.807, 2.05) is 0 Å². The molecule has 2 aliphatic heterocycles. The van der Waals surface area contributed by atoms with Crippen LogP contribution in [0.5, 0.6) is 0 Å². The average Bonchev–Trinajstić information content (AvgIpc) is 3.75. The molecule has 2 saturated heterocycles. The summed E-state index contributed by atoms with van der Waals surface area (Å²) in [7, 11) is -8.56. The smallest absolute Gasteiger partial charge is 0.387 e. The van der Waals surface area contributed by atoms with Crippen LogP contribution in [-0.4, -0.2) is 115 Å². The van der Waals surface area contributed by atoms with E-state index in [0.717, 1.165) is 0 Å². The number of imidazole rings is 1. The molecule has 2 aromatic heterocycles. The van der Waals surface area contributed by atoms with Gasteiger partial charge in [-0.05, 0) is 12.8 Å². The van der Waals surface area contributed by atoms with Crippen molar-refractivity contribution in [1.82, 2.24) is 35.5 Å². The maximum Gasteiger partial charge on any atom is 0.485 e. The van der Waals surface area contributed by atoms with Crippen molar-refractivity contribution < 1.29 is 66.4 Å². The Bertz CT molecular complexity index is 1510. The summed E-state index contributed by atoms with van der Waals surface area (Å²) < 4.78 is 43.7. The van der Waals surface area contributed by atoms with Crippen LogP contribution >= 0.6 is 25.0 Å². The number of fused-ring (bicyclic) bond motifs is 1. The van der Waals surface area contributed by atoms with Gasteiger partial charge in [-0.15, -0.1) is 0 Å². The zero-order chi connectivity index (χ0) is 35.0. The number of rotatable bonds is 17. The van der Waals surface area contributed by atoms with Crippen molar-refractivity contribution in [3.8, 4) is 0 Å². The Balaban J connectivity index is 1.18. The molecule has 268 valence electrons. The molecule has 12 N–H and O–H groups in total. The Morgan fingerprint density at radius 2 is 1.90 bits per heavy atom. The number of aliphatic hydroxyl groups excluding tert-OH is 2. The summed E-state index contributed by atoms with van der Waals surface area (Å²) in [5, 5.41) is 28.5. The molecule has 2 fully saturated rings. The van der Waals surface area contributed by atoms with Crippen molar-refractivity contribution >= 4 is 54.3 Å². The van der Waals surface area contributed by atoms with Gasteiger partial charge in [-0.25, -0.2) is 33.0 Å². The van der Waals surface area contributed by atoms with Gasteiger partial charge < -0.3 is 66.3 Å². The molecule has 0 aliphatic carbocycles. The van der Waals surface area contributed by atoms with Gasteiger partial charge in [0, 0.05) is 14.1 Å². The van der Waals surface area contributed by atoms with Gasteiger partial charge in [0.15, 0.2) is 35.8 Å². The number of hydrogen-bond donors (Lipinski definition) is 10. The monoisotopic (exact) mass is 744 g/mol. The van der Waals surface area contributed by atoms with Crippen LogP contribution in [0, 0.1) is 0 Å². The number of aliphatic hydroxyl groups is 2. The predicted octanol–water partition coefficient (Wildman–Crippen LogP) is -2.22. The van der Waals surface area contributed by atoms with Crippen molar-refractivity contribution in [3.05, 3.63) is 24.2 Å². The fraction of sp³-hybridized carbons (Fsp3) is 0.571. The molecule has 2 aromatic rings. The molecular weight excluding hydrogens is 709 g/mol. The van der Waals surface area contributed by atoms with Crippen molar-refractivity contribution in [2.45, 2.75) is 49.7 Å². The molecule has 48 heavy (non-hydrogen) atoms. The normalized spacial score (nSPS) is 27.7. The number of aromatic nitrogens is 4. The van der Waals surface area contributed by atoms with E-state index in [4.69, 9.17) is 30.4 Å². The van der Waals surface area contributed by atoms with Crippen LogP contribution in [0.3, 0.4) is 0 Å². The number of carbonyl (C=O) groups excluding carboxylic acids is 1. The lowest BCUT2D eigenvalue weighted by atomic mass is 10.1. The van der Waals surface area contributed by atoms with E-state index >= 15 is 0 Å². The first kappa shape index (κ1) is 38.0. The fourth-order valence-corrected chi connectivity index (χ4v) is 6.85. The summed E-state index contributed by atoms with van der Waals surface area (Å²) in [6.07, 6.45) is -2.44. The molecule has 9 atom stereocenters. The number of anilines is 1. The van der Waals surface area contributed by atoms with Crippen LogP contribution in [0.2, 0.25) is 0 Å². The number of guanidine groups is 1. The maximum atomic E-state index is 12.2. The zero-order valence-corrected chi connectivity index (χ0v) is 27.9. The first-order valence-electron chi connectivity index (χ1n) is 13.7. The van der Waals surface area contributed by atoms with E-state index in [9.17, 15) is 34.3 Å². The van der Waals surface area contributed by atoms with E-state index in [0.29, 0.717) is 30.3 Å². The van der Waals surface area contributed by atoms with Crippen LogP contribution in [0.4, 0.5) is 5.82 Å². The molecule has 27 heteroatoms. The van der Waals surface area contributed by atoms with Gasteiger partial charge in [0.2, 0.25) is 0 Å². The molecule has 4 heterocycles. The highest BCUT2D eigenvalue weighted by molar-refractivity contribution is 7.63. The molecule has 2 aliphatic rings. The highest BCUT2D eigenvalue weighted by atomic mass is 31.3. The second-order valence-electron chi connectivity index (χ2n) is 9.73. The Labute approximate surface area is 273 Å². The molecule has 24 nitrogen and oxygen atoms in total. The average molecular weight is 744 g/mol. The number of phosphoric acid groups is 1. The minimum Gasteiger partial charge on any atom is -0.387 e. The minimum atomic E-state index is -5.18. The maximum absolute atomic E-state index is 12.2. The van der Waals surface area contributed by atoms with E-state index < -0.39 is 68.5 Å². The largest absolute Gasteiger partial charge is 0.485 e. The lowest BCUT2D eigenvalue weighted by Crippen LogP contribution is -2.42. The van der Waals surface area contributed by atoms with Crippen molar-refractivity contribution in [1.29, 1.82) is 0 Å². The summed E-state index contributed by atoms with van der Waals surface area (Å²) in [6.45, 7) is -0.851. The Hall–Kier alpha value is -2.76. The molecule has 0 bridgehead atoms. The quantitative estimate of drug-likeness (QED) is 0.0156. The third-order valence-corrected chi connectivity index (χ3v) is 9.99. The van der Waals surface area contributed by atoms with Gasteiger partial charge in [-0.3, -0.25) is 9.36 Å². The van der Waals surface area contributed by atoms with Gasteiger partial charge in [0.1, 0.15) is 48.7 Å². The number of likely N-dealkylation sites (N-methyl/N-ethyl adjacent to an activating group) is 1. The number of allylic oxidation sites excluding steroid dienone is 1. The van der Waals surface area contributed by atoms with E-state index in [1.165, 1.54) is 26.7 Å². The van der Waals surface area contributed by atoms with Crippen molar-refractivity contribution in [2.24, 2.45) is 10.7 Å². The van der Waals surface area contributed by atoms with Gasteiger partial charge in [0.05, 0.1) is 19.0 Å². The van der Waals surface area contributed by atoms with Gasteiger partial charge >= 0.3 is 25.0 Å². The topological polar surface area (TPSA) is 344 Å². The summed E-state index contributed by atoms with van der Waals surface area (Å²) in [5.41, 5.74) is 12.3. The van der Waals surface area contributed by atoms with Crippen molar-refractivity contribution in [3.63, 3.8) is 0 Å². The zero-order valence-electron chi connectivity index (χ0n) is 25.2. The molecule has 0 radical (unpaired) electrons. The SMILES string of the molecule is CN/C(N)=N\C(NC1OC(COP(O)OP(=O)(O)OP(O)OOCC2CCC(n3cnc4c(N)ncnc43)O2)C(O)C1O)=C(/C=O)NC. The number of nitrogens with one attached hydrogen (secondary N) is 3. The molecular formula is C21H35N10O14P3. The van der Waals surface area contributed by atoms with Crippen LogP contribution in [0.25, 0.3) is 11.2 Å². The standard InChI is InChI=1S/C21H35N10O14P3/c1-24-11(5-32)18(30-21(23)25-2)29-20-16(34)15(33)12(42-20)7-40-46(35)44-48(37,38)45-47(36)43-39-6-10-3-4-13(41-10)31-9-28-14-17(22)26-8-27-19(14)31/h5,8-10,12-13,15-16,20,24,29,33-36H,3-4,6-7H2,1-2H3,(H,37,38)(H2,22,26,27)(H3,23,25,30)/b18-11+. The summed E-state index contributed by atoms with van der Waals surface area (Å²) in [6, 6.07) is 0. The van der Waals surface area contributed by atoms with Crippen LogP contribution in [0.15, 0.2) is 29.2 Å². The number of aliphatic imine (C=N–C) groups is 1.